The Kier molecular flexibility index (Phi) is 5.87. The molecule has 1 saturated carbocycles. The largest absolute Gasteiger partial charge is 0.469 e. The predicted molar refractivity (Wildman–Crippen MR) is 102 cm³/mol. The Balaban J connectivity index is 2.21. The number of hydrogen-bond donors (Lipinski definition) is 0. The standard InChI is InChI=1S/C18H19FN4O5S/c1-11-21-16(17(23(24)25)18(22-11)28-12-6-5-7-12)15(10-20-2)29(26,27)14-9-4-3-8-13(14)19/h3-4,8-10,12,15H,5-7H2,1-2H3. The molecule has 1 aromatic carbocycles. The third kappa shape index (κ3) is 4.09. The van der Waals surface area contributed by atoms with Crippen LogP contribution in [0.1, 0.15) is 36.0 Å². The van der Waals surface area contributed by atoms with Gasteiger partial charge >= 0.3 is 5.69 Å². The van der Waals surface area contributed by atoms with Crippen LogP contribution in [0.2, 0.25) is 0 Å². The molecule has 1 atom stereocenters. The normalized spacial score (nSPS) is 15.8. The maximum absolute atomic E-state index is 14.2. The average Bonchev–Trinajstić information content (AvgIpc) is 2.62. The zero-order chi connectivity index (χ0) is 21.2. The van der Waals surface area contributed by atoms with E-state index in [-0.39, 0.29) is 17.8 Å². The van der Waals surface area contributed by atoms with Crippen LogP contribution in [0.5, 0.6) is 5.88 Å². The Morgan fingerprint density at radius 2 is 2.03 bits per heavy atom. The third-order valence-electron chi connectivity index (χ3n) is 4.54. The van der Waals surface area contributed by atoms with Crippen molar-refractivity contribution in [2.75, 3.05) is 7.05 Å². The monoisotopic (exact) mass is 422 g/mol. The lowest BCUT2D eigenvalue weighted by Gasteiger charge is -2.26. The Labute approximate surface area is 166 Å². The molecule has 1 aromatic heterocycles. The molecule has 1 fully saturated rings. The van der Waals surface area contributed by atoms with Crippen LogP contribution in [0.25, 0.3) is 0 Å². The van der Waals surface area contributed by atoms with Crippen LogP contribution >= 0.6 is 0 Å². The minimum Gasteiger partial charge on any atom is -0.469 e. The number of sulfone groups is 1. The summed E-state index contributed by atoms with van der Waals surface area (Å²) in [5, 5.41) is 10.1. The van der Waals surface area contributed by atoms with Gasteiger partial charge in [-0.25, -0.2) is 17.8 Å². The number of halogens is 1. The molecular weight excluding hydrogens is 403 g/mol. The molecule has 154 valence electrons. The van der Waals surface area contributed by atoms with Crippen LogP contribution in [0.3, 0.4) is 0 Å². The van der Waals surface area contributed by atoms with E-state index >= 15 is 0 Å². The summed E-state index contributed by atoms with van der Waals surface area (Å²) in [6.45, 7) is 1.47. The van der Waals surface area contributed by atoms with Gasteiger partial charge in [0.1, 0.15) is 33.6 Å². The number of hydrogen-bond acceptors (Lipinski definition) is 8. The van der Waals surface area contributed by atoms with Crippen LogP contribution < -0.4 is 4.74 Å². The maximum Gasteiger partial charge on any atom is 0.354 e. The van der Waals surface area contributed by atoms with Gasteiger partial charge in [-0.15, -0.1) is 0 Å². The summed E-state index contributed by atoms with van der Waals surface area (Å²) in [5.41, 5.74) is -1.07. The smallest absolute Gasteiger partial charge is 0.354 e. The van der Waals surface area contributed by atoms with Gasteiger partial charge in [0, 0.05) is 13.3 Å². The van der Waals surface area contributed by atoms with Gasteiger partial charge in [-0.2, -0.15) is 4.98 Å². The first-order valence-corrected chi connectivity index (χ1v) is 10.4. The number of benzene rings is 1. The summed E-state index contributed by atoms with van der Waals surface area (Å²) in [4.78, 5) is 22.2. The van der Waals surface area contributed by atoms with Crippen LogP contribution in [-0.2, 0) is 9.84 Å². The van der Waals surface area contributed by atoms with Gasteiger partial charge in [-0.05, 0) is 38.3 Å². The topological polar surface area (TPSA) is 125 Å². The van der Waals surface area contributed by atoms with Gasteiger partial charge in [-0.1, -0.05) is 12.1 Å². The van der Waals surface area contributed by atoms with Gasteiger partial charge < -0.3 is 4.74 Å². The quantitative estimate of drug-likeness (QED) is 0.381. The predicted octanol–water partition coefficient (Wildman–Crippen LogP) is 2.98. The Morgan fingerprint density at radius 3 is 2.59 bits per heavy atom. The summed E-state index contributed by atoms with van der Waals surface area (Å²) >= 11 is 0. The van der Waals surface area contributed by atoms with Gasteiger partial charge in [0.15, 0.2) is 9.84 Å². The average molecular weight is 422 g/mol. The highest BCUT2D eigenvalue weighted by atomic mass is 32.2. The van der Waals surface area contributed by atoms with Gasteiger partial charge in [0.05, 0.1) is 4.92 Å². The van der Waals surface area contributed by atoms with Crippen molar-refractivity contribution in [1.82, 2.24) is 9.97 Å². The van der Waals surface area contributed by atoms with Gasteiger partial charge in [-0.3, -0.25) is 15.1 Å². The number of rotatable bonds is 7. The second kappa shape index (κ2) is 8.19. The minimum atomic E-state index is -4.43. The van der Waals surface area contributed by atoms with Crippen molar-refractivity contribution in [2.45, 2.75) is 42.4 Å². The van der Waals surface area contributed by atoms with E-state index in [1.54, 1.807) is 0 Å². The number of nitro groups is 1. The molecule has 1 heterocycles. The molecule has 0 radical (unpaired) electrons. The summed E-state index contributed by atoms with van der Waals surface area (Å²) < 4.78 is 46.2. The first-order chi connectivity index (χ1) is 13.8. The van der Waals surface area contributed by atoms with E-state index in [0.717, 1.165) is 37.6 Å². The zero-order valence-electron chi connectivity index (χ0n) is 15.8. The molecule has 9 nitrogen and oxygen atoms in total. The van der Waals surface area contributed by atoms with E-state index < -0.39 is 42.1 Å². The van der Waals surface area contributed by atoms with E-state index in [4.69, 9.17) is 4.74 Å². The van der Waals surface area contributed by atoms with Gasteiger partial charge in [0.25, 0.3) is 5.88 Å². The first-order valence-electron chi connectivity index (χ1n) is 8.86. The van der Waals surface area contributed by atoms with E-state index in [2.05, 4.69) is 15.0 Å². The lowest BCUT2D eigenvalue weighted by atomic mass is 9.96. The Morgan fingerprint density at radius 1 is 1.34 bits per heavy atom. The molecule has 0 amide bonds. The second-order valence-corrected chi connectivity index (χ2v) is 8.58. The minimum absolute atomic E-state index is 0.0955. The molecule has 29 heavy (non-hydrogen) atoms. The molecule has 3 rings (SSSR count). The summed E-state index contributed by atoms with van der Waals surface area (Å²) in [7, 11) is -3.12. The van der Waals surface area contributed by atoms with Gasteiger partial charge in [0.2, 0.25) is 0 Å². The summed E-state index contributed by atoms with van der Waals surface area (Å²) in [6.07, 6.45) is 3.15. The molecule has 2 aromatic rings. The van der Waals surface area contributed by atoms with Crippen molar-refractivity contribution in [3.63, 3.8) is 0 Å². The number of aromatic nitrogens is 2. The van der Waals surface area contributed by atoms with Crippen molar-refractivity contribution in [3.05, 3.63) is 51.7 Å². The Bertz CT molecular complexity index is 1070. The van der Waals surface area contributed by atoms with E-state index in [9.17, 15) is 22.9 Å². The molecule has 0 aliphatic heterocycles. The maximum atomic E-state index is 14.2. The molecule has 1 aliphatic rings. The van der Waals surface area contributed by atoms with Crippen molar-refractivity contribution in [3.8, 4) is 5.88 Å². The number of aliphatic imine (C=N–C) groups is 1. The van der Waals surface area contributed by atoms with Crippen LogP contribution in [-0.4, -0.2) is 42.7 Å². The summed E-state index contributed by atoms with van der Waals surface area (Å²) in [6, 6.07) is 4.80. The molecule has 1 aliphatic carbocycles. The Hall–Kier alpha value is -2.95. The molecular formula is C18H19FN4O5S. The third-order valence-corrected chi connectivity index (χ3v) is 6.49. The van der Waals surface area contributed by atoms with Crippen molar-refractivity contribution in [1.29, 1.82) is 0 Å². The van der Waals surface area contributed by atoms with E-state index in [1.165, 1.54) is 26.1 Å². The van der Waals surface area contributed by atoms with Crippen LogP contribution in [0.15, 0.2) is 34.2 Å². The second-order valence-electron chi connectivity index (χ2n) is 6.54. The highest BCUT2D eigenvalue weighted by Gasteiger charge is 2.40. The molecule has 0 bridgehead atoms. The van der Waals surface area contributed by atoms with Crippen molar-refractivity contribution >= 4 is 21.7 Å². The molecule has 1 unspecified atom stereocenters. The highest BCUT2D eigenvalue weighted by molar-refractivity contribution is 7.92. The fourth-order valence-corrected chi connectivity index (χ4v) is 4.53. The fourth-order valence-electron chi connectivity index (χ4n) is 2.91. The van der Waals surface area contributed by atoms with E-state index in [1.807, 2.05) is 0 Å². The van der Waals surface area contributed by atoms with Crippen molar-refractivity contribution in [2.24, 2.45) is 4.99 Å². The lowest BCUT2D eigenvalue weighted by molar-refractivity contribution is -0.387. The molecule has 0 saturated heterocycles. The SMILES string of the molecule is CN=CC(c1nc(C)nc(OC2CCC2)c1[N+](=O)[O-])S(=O)(=O)c1ccccc1F. The van der Waals surface area contributed by atoms with Crippen molar-refractivity contribution < 1.29 is 22.5 Å². The molecule has 0 spiro atoms. The van der Waals surface area contributed by atoms with E-state index in [0.29, 0.717) is 0 Å². The lowest BCUT2D eigenvalue weighted by Crippen LogP contribution is -2.26. The number of ether oxygens (including phenoxy) is 1. The number of aryl methyl sites for hydroxylation is 1. The zero-order valence-corrected chi connectivity index (χ0v) is 16.6. The highest BCUT2D eigenvalue weighted by Crippen LogP contribution is 2.39. The number of nitrogens with zero attached hydrogens (tertiary/aromatic N) is 4. The molecule has 0 N–H and O–H groups in total. The molecule has 11 heteroatoms. The van der Waals surface area contributed by atoms with Crippen LogP contribution in [0, 0.1) is 22.9 Å². The first kappa shape index (κ1) is 20.8. The summed E-state index contributed by atoms with van der Waals surface area (Å²) in [5.74, 6) is -1.17. The fraction of sp³-hybridized carbons (Fsp3) is 0.389. The van der Waals surface area contributed by atoms with Crippen LogP contribution in [0.4, 0.5) is 10.1 Å².